The number of hydrogen-bond acceptors (Lipinski definition) is 5. The van der Waals surface area contributed by atoms with Gasteiger partial charge in [0.2, 0.25) is 17.7 Å². The molecule has 1 aromatic heterocycles. The molecule has 152 valence electrons. The van der Waals surface area contributed by atoms with Crippen molar-refractivity contribution in [2.24, 2.45) is 0 Å². The number of imide groups is 1. The summed E-state index contributed by atoms with van der Waals surface area (Å²) >= 11 is 0. The summed E-state index contributed by atoms with van der Waals surface area (Å²) in [4.78, 5) is 45.5. The van der Waals surface area contributed by atoms with Gasteiger partial charge in [-0.3, -0.25) is 24.3 Å². The molecule has 3 amide bonds. The fourth-order valence-electron chi connectivity index (χ4n) is 3.72. The van der Waals surface area contributed by atoms with E-state index in [1.165, 1.54) is 14.2 Å². The minimum atomic E-state index is -1.26. The Bertz CT molecular complexity index is 915. The van der Waals surface area contributed by atoms with Crippen molar-refractivity contribution in [1.29, 1.82) is 0 Å². The highest BCUT2D eigenvalue weighted by atomic mass is 16.5. The maximum Gasteiger partial charge on any atom is 0.240 e. The number of pyridine rings is 1. The first-order chi connectivity index (χ1) is 13.9. The van der Waals surface area contributed by atoms with Gasteiger partial charge < -0.3 is 9.64 Å². The van der Waals surface area contributed by atoms with Gasteiger partial charge in [0.05, 0.1) is 12.5 Å². The summed E-state index contributed by atoms with van der Waals surface area (Å²) < 4.78 is 5.43. The van der Waals surface area contributed by atoms with E-state index in [1.807, 2.05) is 18.2 Å². The third kappa shape index (κ3) is 3.99. The second-order valence-corrected chi connectivity index (χ2v) is 7.28. The second kappa shape index (κ2) is 8.43. The Morgan fingerprint density at radius 1 is 1.21 bits per heavy atom. The molecule has 1 aliphatic rings. The lowest BCUT2D eigenvalue weighted by molar-refractivity contribution is -0.141. The predicted octanol–water partition coefficient (Wildman–Crippen LogP) is 1.81. The number of nitrogens with zero attached hydrogens (tertiary/aromatic N) is 3. The third-order valence-corrected chi connectivity index (χ3v) is 5.47. The number of likely N-dealkylation sites (tertiary alicyclic amines) is 1. The van der Waals surface area contributed by atoms with E-state index >= 15 is 0 Å². The molecule has 0 radical (unpaired) electrons. The molecule has 3 rings (SSSR count). The second-order valence-electron chi connectivity index (χ2n) is 7.28. The molecule has 0 aliphatic carbocycles. The number of rotatable bonds is 7. The molecular formula is C22H25N3O4. The van der Waals surface area contributed by atoms with Gasteiger partial charge in [-0.25, -0.2) is 0 Å². The lowest BCUT2D eigenvalue weighted by atomic mass is 9.75. The van der Waals surface area contributed by atoms with Crippen molar-refractivity contribution in [3.05, 3.63) is 59.9 Å². The fourth-order valence-corrected chi connectivity index (χ4v) is 3.72. The zero-order chi connectivity index (χ0) is 21.0. The number of para-hydroxylation sites is 1. The van der Waals surface area contributed by atoms with Crippen molar-refractivity contribution in [2.45, 2.75) is 24.7 Å². The number of aromatic nitrogens is 1. The van der Waals surface area contributed by atoms with E-state index in [4.69, 9.17) is 4.74 Å². The quantitative estimate of drug-likeness (QED) is 0.668. The van der Waals surface area contributed by atoms with Gasteiger partial charge >= 0.3 is 0 Å². The number of hydrogen-bond donors (Lipinski definition) is 0. The van der Waals surface area contributed by atoms with Crippen LogP contribution in [0.25, 0.3) is 0 Å². The van der Waals surface area contributed by atoms with Crippen LogP contribution < -0.4 is 4.74 Å². The molecule has 1 unspecified atom stereocenters. The van der Waals surface area contributed by atoms with Crippen LogP contribution in [0.5, 0.6) is 5.75 Å². The molecule has 1 saturated heterocycles. The van der Waals surface area contributed by atoms with Crippen molar-refractivity contribution < 1.29 is 19.1 Å². The largest absolute Gasteiger partial charge is 0.496 e. The summed E-state index contributed by atoms with van der Waals surface area (Å²) in [6.45, 7) is 0.468. The van der Waals surface area contributed by atoms with E-state index in [0.717, 1.165) is 10.6 Å². The van der Waals surface area contributed by atoms with Gasteiger partial charge in [0.1, 0.15) is 5.75 Å². The average Bonchev–Trinajstić information content (AvgIpc) is 2.96. The maximum atomic E-state index is 13.1. The van der Waals surface area contributed by atoms with Crippen LogP contribution in [0.3, 0.4) is 0 Å². The Hall–Kier alpha value is -3.22. The summed E-state index contributed by atoms with van der Waals surface area (Å²) in [6.07, 6.45) is 2.17. The van der Waals surface area contributed by atoms with Crippen LogP contribution in [-0.4, -0.2) is 60.3 Å². The molecule has 0 spiro atoms. The SMILES string of the molecule is COc1ccccc1C1(CC(=O)N(C)CCc2ccccn2)CC(=O)N(C)C1=O. The lowest BCUT2D eigenvalue weighted by Gasteiger charge is -2.30. The van der Waals surface area contributed by atoms with E-state index < -0.39 is 5.41 Å². The van der Waals surface area contributed by atoms with Gasteiger partial charge in [-0.1, -0.05) is 24.3 Å². The highest BCUT2D eigenvalue weighted by Crippen LogP contribution is 2.43. The summed E-state index contributed by atoms with van der Waals surface area (Å²) in [7, 11) is 4.67. The number of carbonyl (C=O) groups is 3. The summed E-state index contributed by atoms with van der Waals surface area (Å²) in [5, 5.41) is 0. The number of ether oxygens (including phenoxy) is 1. The molecular weight excluding hydrogens is 370 g/mol. The van der Waals surface area contributed by atoms with Crippen LogP contribution in [0.2, 0.25) is 0 Å². The summed E-state index contributed by atoms with van der Waals surface area (Å²) in [5.41, 5.74) is 0.199. The monoisotopic (exact) mass is 395 g/mol. The first-order valence-electron chi connectivity index (χ1n) is 9.47. The number of amides is 3. The van der Waals surface area contributed by atoms with Gasteiger partial charge in [-0.05, 0) is 18.2 Å². The van der Waals surface area contributed by atoms with E-state index in [0.29, 0.717) is 24.3 Å². The first kappa shape index (κ1) is 20.5. The Morgan fingerprint density at radius 3 is 2.55 bits per heavy atom. The van der Waals surface area contributed by atoms with Crippen LogP contribution in [-0.2, 0) is 26.2 Å². The molecule has 7 heteroatoms. The van der Waals surface area contributed by atoms with Gasteiger partial charge in [-0.15, -0.1) is 0 Å². The number of carbonyl (C=O) groups excluding carboxylic acids is 3. The van der Waals surface area contributed by atoms with E-state index in [1.54, 1.807) is 42.4 Å². The van der Waals surface area contributed by atoms with Crippen LogP contribution in [0.1, 0.15) is 24.1 Å². The molecule has 29 heavy (non-hydrogen) atoms. The molecule has 1 atom stereocenters. The summed E-state index contributed by atoms with van der Waals surface area (Å²) in [5.74, 6) is -0.389. The molecule has 7 nitrogen and oxygen atoms in total. The Kier molecular flexibility index (Phi) is 5.96. The number of methoxy groups -OCH3 is 1. The molecule has 0 bridgehead atoms. The van der Waals surface area contributed by atoms with Crippen molar-refractivity contribution in [1.82, 2.24) is 14.8 Å². The van der Waals surface area contributed by atoms with Crippen molar-refractivity contribution in [3.63, 3.8) is 0 Å². The standard InChI is InChI=1S/C22H25N3O4/c1-24(13-11-16-8-6-7-12-23-16)19(26)14-22(15-20(27)25(2)21(22)28)17-9-4-5-10-18(17)29-3/h4-10,12H,11,13-15H2,1-3H3. The molecule has 1 fully saturated rings. The Labute approximate surface area is 170 Å². The third-order valence-electron chi connectivity index (χ3n) is 5.47. The number of likely N-dealkylation sites (N-methyl/N-ethyl adjacent to an activating group) is 2. The summed E-state index contributed by atoms with van der Waals surface area (Å²) in [6, 6.07) is 12.7. The highest BCUT2D eigenvalue weighted by molar-refractivity contribution is 6.10. The topological polar surface area (TPSA) is 79.8 Å². The average molecular weight is 395 g/mol. The molecule has 1 aliphatic heterocycles. The molecule has 0 N–H and O–H groups in total. The highest BCUT2D eigenvalue weighted by Gasteiger charge is 2.54. The van der Waals surface area contributed by atoms with E-state index in [2.05, 4.69) is 4.98 Å². The van der Waals surface area contributed by atoms with Crippen molar-refractivity contribution in [3.8, 4) is 5.75 Å². The van der Waals surface area contributed by atoms with Crippen LogP contribution in [0.15, 0.2) is 48.7 Å². The molecule has 1 aromatic carbocycles. The zero-order valence-electron chi connectivity index (χ0n) is 16.9. The molecule has 2 aromatic rings. The van der Waals surface area contributed by atoms with Crippen molar-refractivity contribution >= 4 is 17.7 Å². The van der Waals surface area contributed by atoms with Gasteiger partial charge in [0.15, 0.2) is 0 Å². The van der Waals surface area contributed by atoms with Crippen LogP contribution in [0.4, 0.5) is 0 Å². The van der Waals surface area contributed by atoms with Gasteiger partial charge in [0.25, 0.3) is 0 Å². The molecule has 0 saturated carbocycles. The van der Waals surface area contributed by atoms with E-state index in [-0.39, 0.29) is 30.6 Å². The smallest absolute Gasteiger partial charge is 0.240 e. The zero-order valence-corrected chi connectivity index (χ0v) is 16.9. The van der Waals surface area contributed by atoms with Crippen molar-refractivity contribution in [2.75, 3.05) is 27.7 Å². The minimum absolute atomic E-state index is 0.0530. The fraction of sp³-hybridized carbons (Fsp3) is 0.364. The lowest BCUT2D eigenvalue weighted by Crippen LogP contribution is -2.42. The van der Waals surface area contributed by atoms with Gasteiger partial charge in [0, 0.05) is 57.4 Å². The Balaban J connectivity index is 1.85. The first-order valence-corrected chi connectivity index (χ1v) is 9.47. The predicted molar refractivity (Wildman–Crippen MR) is 107 cm³/mol. The normalized spacial score (nSPS) is 18.8. The minimum Gasteiger partial charge on any atom is -0.496 e. The Morgan fingerprint density at radius 2 is 1.93 bits per heavy atom. The number of benzene rings is 1. The van der Waals surface area contributed by atoms with E-state index in [9.17, 15) is 14.4 Å². The van der Waals surface area contributed by atoms with Crippen LogP contribution in [0, 0.1) is 0 Å². The molecule has 2 heterocycles. The van der Waals surface area contributed by atoms with Crippen LogP contribution >= 0.6 is 0 Å². The van der Waals surface area contributed by atoms with Gasteiger partial charge in [-0.2, -0.15) is 0 Å². The maximum absolute atomic E-state index is 13.1.